The van der Waals surface area contributed by atoms with Gasteiger partial charge in [-0.2, -0.15) is 0 Å². The topological polar surface area (TPSA) is 61.4 Å². The first kappa shape index (κ1) is 15.3. The summed E-state index contributed by atoms with van der Waals surface area (Å²) < 4.78 is 0. The summed E-state index contributed by atoms with van der Waals surface area (Å²) in [5.41, 5.74) is 0. The van der Waals surface area contributed by atoms with Crippen LogP contribution in [0, 0.1) is 5.92 Å². The lowest BCUT2D eigenvalue weighted by molar-refractivity contribution is -0.136. The lowest BCUT2D eigenvalue weighted by atomic mass is 9.96. The minimum Gasteiger partial charge on any atom is -0.356 e. The molecule has 0 bridgehead atoms. The zero-order chi connectivity index (χ0) is 14.4. The Balaban J connectivity index is 1.79. The molecule has 5 heteroatoms. The highest BCUT2D eigenvalue weighted by Crippen LogP contribution is 2.19. The molecule has 2 saturated heterocycles. The lowest BCUT2D eigenvalue weighted by Gasteiger charge is -2.32. The lowest BCUT2D eigenvalue weighted by Crippen LogP contribution is -2.46. The molecule has 2 N–H and O–H groups in total. The Hall–Kier alpha value is -1.10. The van der Waals surface area contributed by atoms with Crippen LogP contribution in [-0.2, 0) is 9.59 Å². The number of nitrogens with one attached hydrogen (secondary N) is 2. The van der Waals surface area contributed by atoms with Gasteiger partial charge in [-0.05, 0) is 38.6 Å². The maximum absolute atomic E-state index is 12.3. The van der Waals surface area contributed by atoms with Gasteiger partial charge in [0.05, 0.1) is 5.92 Å². The molecule has 2 fully saturated rings. The van der Waals surface area contributed by atoms with E-state index in [2.05, 4.69) is 10.6 Å². The van der Waals surface area contributed by atoms with Gasteiger partial charge in [0.15, 0.2) is 0 Å². The summed E-state index contributed by atoms with van der Waals surface area (Å²) >= 11 is 0. The summed E-state index contributed by atoms with van der Waals surface area (Å²) in [5, 5.41) is 6.31. The molecule has 2 aliphatic rings. The van der Waals surface area contributed by atoms with Crippen LogP contribution in [0.5, 0.6) is 0 Å². The molecule has 2 aliphatic heterocycles. The average Bonchev–Trinajstić information content (AvgIpc) is 2.97. The van der Waals surface area contributed by atoms with E-state index in [1.807, 2.05) is 11.8 Å². The Morgan fingerprint density at radius 2 is 2.15 bits per heavy atom. The standard InChI is InChI=1S/C15H27N3O2/c1-2-7-17-15(20)12-5-4-9-18(11-12)14(19)10-13-6-3-8-16-13/h12-13,16H,2-11H2,1H3,(H,17,20). The third-order valence-corrected chi connectivity index (χ3v) is 4.28. The Morgan fingerprint density at radius 1 is 1.30 bits per heavy atom. The highest BCUT2D eigenvalue weighted by atomic mass is 16.2. The Morgan fingerprint density at radius 3 is 2.85 bits per heavy atom. The van der Waals surface area contributed by atoms with E-state index in [1.165, 1.54) is 6.42 Å². The molecule has 2 unspecified atom stereocenters. The van der Waals surface area contributed by atoms with Crippen molar-refractivity contribution in [3.63, 3.8) is 0 Å². The van der Waals surface area contributed by atoms with Crippen molar-refractivity contribution in [2.75, 3.05) is 26.2 Å². The summed E-state index contributed by atoms with van der Waals surface area (Å²) in [6, 6.07) is 0.344. The van der Waals surface area contributed by atoms with Gasteiger partial charge in [0.2, 0.25) is 11.8 Å². The fraction of sp³-hybridized carbons (Fsp3) is 0.867. The van der Waals surface area contributed by atoms with Crippen LogP contribution >= 0.6 is 0 Å². The molecule has 0 aromatic rings. The van der Waals surface area contributed by atoms with Gasteiger partial charge in [-0.15, -0.1) is 0 Å². The number of carbonyl (C=O) groups excluding carboxylic acids is 2. The van der Waals surface area contributed by atoms with Gasteiger partial charge in [-0.3, -0.25) is 9.59 Å². The van der Waals surface area contributed by atoms with E-state index in [-0.39, 0.29) is 17.7 Å². The van der Waals surface area contributed by atoms with E-state index < -0.39 is 0 Å². The van der Waals surface area contributed by atoms with Crippen molar-refractivity contribution >= 4 is 11.8 Å². The zero-order valence-corrected chi connectivity index (χ0v) is 12.5. The molecule has 0 saturated carbocycles. The number of likely N-dealkylation sites (tertiary alicyclic amines) is 1. The maximum Gasteiger partial charge on any atom is 0.224 e. The smallest absolute Gasteiger partial charge is 0.224 e. The third kappa shape index (κ3) is 4.20. The Kier molecular flexibility index (Phi) is 5.83. The van der Waals surface area contributed by atoms with Gasteiger partial charge in [0.1, 0.15) is 0 Å². The van der Waals surface area contributed by atoms with Gasteiger partial charge in [-0.1, -0.05) is 6.92 Å². The number of carbonyl (C=O) groups is 2. The van der Waals surface area contributed by atoms with E-state index in [1.54, 1.807) is 0 Å². The molecule has 0 aliphatic carbocycles. The monoisotopic (exact) mass is 281 g/mol. The number of hydrogen-bond donors (Lipinski definition) is 2. The minimum absolute atomic E-state index is 0.0178. The van der Waals surface area contributed by atoms with Crippen molar-refractivity contribution in [2.45, 2.75) is 51.5 Å². The predicted octanol–water partition coefficient (Wildman–Crippen LogP) is 0.893. The fourth-order valence-electron chi connectivity index (χ4n) is 3.08. The first-order chi connectivity index (χ1) is 9.70. The van der Waals surface area contributed by atoms with E-state index >= 15 is 0 Å². The van der Waals surface area contributed by atoms with Crippen LogP contribution in [0.1, 0.15) is 45.4 Å². The van der Waals surface area contributed by atoms with E-state index in [0.29, 0.717) is 19.0 Å². The van der Waals surface area contributed by atoms with Crippen molar-refractivity contribution in [3.8, 4) is 0 Å². The molecular formula is C15H27N3O2. The van der Waals surface area contributed by atoms with Crippen LogP contribution < -0.4 is 10.6 Å². The summed E-state index contributed by atoms with van der Waals surface area (Å²) in [6.45, 7) is 5.21. The molecule has 2 amide bonds. The van der Waals surface area contributed by atoms with Crippen molar-refractivity contribution in [1.82, 2.24) is 15.5 Å². The van der Waals surface area contributed by atoms with Gasteiger partial charge in [0, 0.05) is 32.1 Å². The normalized spacial score (nSPS) is 26.6. The number of hydrogen-bond acceptors (Lipinski definition) is 3. The van der Waals surface area contributed by atoms with Crippen molar-refractivity contribution in [3.05, 3.63) is 0 Å². The Bertz CT molecular complexity index is 340. The summed E-state index contributed by atoms with van der Waals surface area (Å²) in [6.07, 6.45) is 5.65. The molecule has 114 valence electrons. The second kappa shape index (κ2) is 7.62. The van der Waals surface area contributed by atoms with Crippen LogP contribution in [-0.4, -0.2) is 48.9 Å². The molecular weight excluding hydrogens is 254 g/mol. The average molecular weight is 281 g/mol. The van der Waals surface area contributed by atoms with E-state index in [0.717, 1.165) is 45.3 Å². The minimum atomic E-state index is -0.0178. The summed E-state index contributed by atoms with van der Waals surface area (Å²) in [7, 11) is 0. The largest absolute Gasteiger partial charge is 0.356 e. The highest BCUT2D eigenvalue weighted by Gasteiger charge is 2.29. The Labute approximate surface area is 121 Å². The number of amides is 2. The van der Waals surface area contributed by atoms with Crippen molar-refractivity contribution in [1.29, 1.82) is 0 Å². The van der Waals surface area contributed by atoms with Crippen LogP contribution in [0.3, 0.4) is 0 Å². The van der Waals surface area contributed by atoms with Gasteiger partial charge in [0.25, 0.3) is 0 Å². The van der Waals surface area contributed by atoms with Crippen molar-refractivity contribution in [2.24, 2.45) is 5.92 Å². The van der Waals surface area contributed by atoms with E-state index in [4.69, 9.17) is 0 Å². The molecule has 2 heterocycles. The first-order valence-corrected chi connectivity index (χ1v) is 7.99. The third-order valence-electron chi connectivity index (χ3n) is 4.28. The number of nitrogens with zero attached hydrogens (tertiary/aromatic N) is 1. The molecule has 0 radical (unpaired) electrons. The molecule has 5 nitrogen and oxygen atoms in total. The zero-order valence-electron chi connectivity index (χ0n) is 12.5. The second-order valence-electron chi connectivity index (χ2n) is 5.97. The molecule has 2 atom stereocenters. The second-order valence-corrected chi connectivity index (χ2v) is 5.97. The van der Waals surface area contributed by atoms with E-state index in [9.17, 15) is 9.59 Å². The molecule has 0 aromatic carbocycles. The van der Waals surface area contributed by atoms with Crippen LogP contribution in [0.4, 0.5) is 0 Å². The first-order valence-electron chi connectivity index (χ1n) is 7.99. The molecule has 0 aromatic heterocycles. The van der Waals surface area contributed by atoms with Crippen LogP contribution in [0.2, 0.25) is 0 Å². The number of piperidine rings is 1. The summed E-state index contributed by atoms with van der Waals surface area (Å²) in [5.74, 6) is 0.302. The maximum atomic E-state index is 12.3. The van der Waals surface area contributed by atoms with Crippen LogP contribution in [0.15, 0.2) is 0 Å². The van der Waals surface area contributed by atoms with Crippen LogP contribution in [0.25, 0.3) is 0 Å². The number of rotatable bonds is 5. The molecule has 20 heavy (non-hydrogen) atoms. The van der Waals surface area contributed by atoms with Gasteiger partial charge >= 0.3 is 0 Å². The molecule has 2 rings (SSSR count). The highest BCUT2D eigenvalue weighted by molar-refractivity contribution is 5.81. The molecule has 0 spiro atoms. The summed E-state index contributed by atoms with van der Waals surface area (Å²) in [4.78, 5) is 26.2. The fourth-order valence-corrected chi connectivity index (χ4v) is 3.08. The van der Waals surface area contributed by atoms with Gasteiger partial charge in [-0.25, -0.2) is 0 Å². The predicted molar refractivity (Wildman–Crippen MR) is 78.2 cm³/mol. The van der Waals surface area contributed by atoms with Gasteiger partial charge < -0.3 is 15.5 Å². The SMILES string of the molecule is CCCNC(=O)C1CCCN(C(=O)CC2CCCN2)C1. The van der Waals surface area contributed by atoms with Crippen molar-refractivity contribution < 1.29 is 9.59 Å². The quantitative estimate of drug-likeness (QED) is 0.787.